The molecule has 0 N–H and O–H groups in total. The van der Waals surface area contributed by atoms with Crippen LogP contribution in [0.4, 0.5) is 10.6 Å². The van der Waals surface area contributed by atoms with E-state index in [1.54, 1.807) is 30.3 Å². The lowest BCUT2D eigenvalue weighted by molar-refractivity contribution is -0.763. The van der Waals surface area contributed by atoms with E-state index in [9.17, 15) is 29.8 Å². The second kappa shape index (κ2) is 23.3. The van der Waals surface area contributed by atoms with Crippen molar-refractivity contribution in [1.29, 1.82) is 0 Å². The second-order valence-corrected chi connectivity index (χ2v) is 16.4. The highest BCUT2D eigenvalue weighted by Crippen LogP contribution is 2.44. The molecule has 1 atom stereocenters. The smallest absolute Gasteiger partial charge is 0.493 e. The number of anilines is 1. The third-order valence-electron chi connectivity index (χ3n) is 8.87. The Morgan fingerprint density at radius 2 is 1.45 bits per heavy atom. The van der Waals surface area contributed by atoms with E-state index in [4.69, 9.17) is 33.2 Å². The van der Waals surface area contributed by atoms with Gasteiger partial charge < -0.3 is 42.8 Å². The lowest BCUT2D eigenvalue weighted by atomic mass is 9.87. The first-order valence-electron chi connectivity index (χ1n) is 20.0. The molecule has 0 radical (unpaired) electrons. The summed E-state index contributed by atoms with van der Waals surface area (Å²) >= 11 is 0. The van der Waals surface area contributed by atoms with Crippen LogP contribution in [0.25, 0.3) is 11.6 Å². The molecule has 24 nitrogen and oxygen atoms in total. The Balaban J connectivity index is 1.58. The Morgan fingerprint density at radius 1 is 0.776 bits per heavy atom. The van der Waals surface area contributed by atoms with Crippen molar-refractivity contribution >= 4 is 28.0 Å². The van der Waals surface area contributed by atoms with Crippen LogP contribution in [0.2, 0.25) is 0 Å². The molecular weight excluding hydrogens is 907 g/mol. The zero-order valence-electron chi connectivity index (χ0n) is 36.7. The summed E-state index contributed by atoms with van der Waals surface area (Å²) in [5.74, 6) is -2.45. The van der Waals surface area contributed by atoms with E-state index in [1.165, 1.54) is 75.0 Å². The first-order chi connectivity index (χ1) is 32.0. The number of methoxy groups -OCH3 is 1. The highest BCUT2D eigenvalue weighted by molar-refractivity contribution is 7.92. The number of hydrogen-bond acceptors (Lipinski definition) is 21. The topological polar surface area (TPSA) is 292 Å². The molecule has 0 amide bonds. The molecule has 67 heavy (non-hydrogen) atoms. The van der Waals surface area contributed by atoms with Gasteiger partial charge in [0, 0.05) is 12.4 Å². The van der Waals surface area contributed by atoms with Crippen molar-refractivity contribution in [3.8, 4) is 34.8 Å². The standard InChI is InChI=1S/C42H45N7O17S/c1-28(65-41(51)62-22-20-59-21-25-63-48(52)53)47(67(56,57)32-16-14-31(15-17-32)42(2,3)4)38-35(66-34-13-7-6-12-33(34)58-5)39(46-37(45-38)36-43-18-9-19-44-36)60-23-24-61-40(50)30-11-8-10-29(26-30)27-64-49(54)55/h6-19,26,28H,20-25,27H2,1-5H3. The SMILES string of the molecule is COc1ccccc1Oc1c(OCCOC(=O)c2cccc(CO[N+](=O)[O-])c2)nc(-c2ncccn2)nc1N(C(C)OC(=O)OCCOCCO[N+](=O)[O-])S(=O)(=O)c1ccc(C(C)(C)C)cc1. The Bertz CT molecular complexity index is 2600. The van der Waals surface area contributed by atoms with E-state index in [0.717, 1.165) is 5.56 Å². The Morgan fingerprint density at radius 3 is 2.12 bits per heavy atom. The van der Waals surface area contributed by atoms with Crippen LogP contribution in [0.1, 0.15) is 49.2 Å². The van der Waals surface area contributed by atoms with Crippen LogP contribution in [0.3, 0.4) is 0 Å². The second-order valence-electron chi connectivity index (χ2n) is 14.6. The minimum Gasteiger partial charge on any atom is -0.493 e. The van der Waals surface area contributed by atoms with Gasteiger partial charge in [0.2, 0.25) is 11.6 Å². The quantitative estimate of drug-likeness (QED) is 0.0229. The molecule has 356 valence electrons. The van der Waals surface area contributed by atoms with Gasteiger partial charge in [-0.2, -0.15) is 4.98 Å². The van der Waals surface area contributed by atoms with E-state index in [-0.39, 0.29) is 58.8 Å². The summed E-state index contributed by atoms with van der Waals surface area (Å²) < 4.78 is 70.1. The van der Waals surface area contributed by atoms with Crippen molar-refractivity contribution in [2.45, 2.75) is 50.8 Å². The maximum Gasteiger partial charge on any atom is 0.510 e. The molecule has 3 aromatic carbocycles. The number of sulfonamides is 1. The zero-order valence-corrected chi connectivity index (χ0v) is 37.5. The van der Waals surface area contributed by atoms with Gasteiger partial charge in [0.15, 0.2) is 29.4 Å². The average molecular weight is 952 g/mol. The predicted octanol–water partition coefficient (Wildman–Crippen LogP) is 5.90. The highest BCUT2D eigenvalue weighted by atomic mass is 32.2. The summed E-state index contributed by atoms with van der Waals surface area (Å²) in [5.41, 5.74) is 0.817. The molecule has 25 heteroatoms. The average Bonchev–Trinajstić information content (AvgIpc) is 3.30. The first-order valence-corrected chi connectivity index (χ1v) is 21.4. The van der Waals surface area contributed by atoms with Crippen molar-refractivity contribution in [1.82, 2.24) is 19.9 Å². The number of benzene rings is 3. The van der Waals surface area contributed by atoms with E-state index in [1.807, 2.05) is 20.8 Å². The number of carbonyl (C=O) groups excluding carboxylic acids is 2. The molecule has 2 heterocycles. The summed E-state index contributed by atoms with van der Waals surface area (Å²) in [7, 11) is -3.46. The first kappa shape index (κ1) is 50.1. The maximum absolute atomic E-state index is 15.1. The van der Waals surface area contributed by atoms with Crippen LogP contribution in [0.15, 0.2) is 96.2 Å². The highest BCUT2D eigenvalue weighted by Gasteiger charge is 2.39. The summed E-state index contributed by atoms with van der Waals surface area (Å²) in [5, 5.41) is 19.1. The third-order valence-corrected chi connectivity index (χ3v) is 10.7. The lowest BCUT2D eigenvalue weighted by Crippen LogP contribution is -2.42. The van der Waals surface area contributed by atoms with Gasteiger partial charge in [-0.25, -0.2) is 37.3 Å². The number of hydrogen-bond donors (Lipinski definition) is 0. The van der Waals surface area contributed by atoms with Crippen LogP contribution in [0, 0.1) is 20.2 Å². The van der Waals surface area contributed by atoms with Crippen molar-refractivity contribution in [3.05, 3.63) is 128 Å². The third kappa shape index (κ3) is 14.3. The van der Waals surface area contributed by atoms with Gasteiger partial charge in [-0.15, -0.1) is 20.2 Å². The molecule has 2 aromatic heterocycles. The van der Waals surface area contributed by atoms with Crippen LogP contribution in [-0.4, -0.2) is 104 Å². The van der Waals surface area contributed by atoms with Crippen molar-refractivity contribution in [2.75, 3.05) is 51.1 Å². The Kier molecular flexibility index (Phi) is 17.4. The van der Waals surface area contributed by atoms with E-state index in [0.29, 0.717) is 9.87 Å². The molecule has 1 unspecified atom stereocenters. The van der Waals surface area contributed by atoms with Crippen LogP contribution < -0.4 is 18.5 Å². The molecule has 0 spiro atoms. The van der Waals surface area contributed by atoms with Crippen LogP contribution in [0.5, 0.6) is 23.1 Å². The molecule has 0 aliphatic carbocycles. The Labute approximate surface area is 382 Å². The monoisotopic (exact) mass is 951 g/mol. The summed E-state index contributed by atoms with van der Waals surface area (Å²) in [4.78, 5) is 73.2. The van der Waals surface area contributed by atoms with Crippen LogP contribution >= 0.6 is 0 Å². The van der Waals surface area contributed by atoms with Crippen molar-refractivity contribution in [2.24, 2.45) is 0 Å². The molecule has 0 fully saturated rings. The molecule has 5 aromatic rings. The number of para-hydroxylation sites is 2. The minimum absolute atomic E-state index is 0.0271. The Hall–Kier alpha value is -7.93. The predicted molar refractivity (Wildman–Crippen MR) is 231 cm³/mol. The number of carbonyl (C=O) groups is 2. The van der Waals surface area contributed by atoms with Gasteiger partial charge >= 0.3 is 12.1 Å². The molecule has 5 rings (SSSR count). The number of esters is 1. The summed E-state index contributed by atoms with van der Waals surface area (Å²) in [6.45, 7) is 4.62. The van der Waals surface area contributed by atoms with Gasteiger partial charge in [0.05, 0.1) is 30.8 Å². The largest absolute Gasteiger partial charge is 0.510 e. The van der Waals surface area contributed by atoms with E-state index in [2.05, 4.69) is 29.6 Å². The number of ether oxygens (including phenoxy) is 7. The molecule has 0 aliphatic heterocycles. The summed E-state index contributed by atoms with van der Waals surface area (Å²) in [6.07, 6.45) is -0.360. The molecule has 0 saturated heterocycles. The molecule has 0 saturated carbocycles. The molecule has 0 aliphatic rings. The van der Waals surface area contributed by atoms with Gasteiger partial charge in [0.1, 0.15) is 33.0 Å². The fourth-order valence-corrected chi connectivity index (χ4v) is 7.25. The summed E-state index contributed by atoms with van der Waals surface area (Å²) in [6, 6.07) is 19.6. The number of aromatic nitrogens is 4. The van der Waals surface area contributed by atoms with Gasteiger partial charge in [0.25, 0.3) is 26.1 Å². The number of rotatable bonds is 24. The lowest BCUT2D eigenvalue weighted by Gasteiger charge is -2.30. The molecule has 0 bridgehead atoms. The number of nitrogens with zero attached hydrogens (tertiary/aromatic N) is 7. The van der Waals surface area contributed by atoms with E-state index < -0.39 is 82.4 Å². The zero-order chi connectivity index (χ0) is 48.6. The van der Waals surface area contributed by atoms with Gasteiger partial charge in [-0.05, 0) is 65.9 Å². The van der Waals surface area contributed by atoms with Crippen molar-refractivity contribution < 1.29 is 71.0 Å². The minimum atomic E-state index is -4.84. The molecular formula is C42H45N7O17S. The normalized spacial score (nSPS) is 11.7. The van der Waals surface area contributed by atoms with Gasteiger partial charge in [-0.3, -0.25) is 0 Å². The maximum atomic E-state index is 15.1. The van der Waals surface area contributed by atoms with Crippen molar-refractivity contribution in [3.63, 3.8) is 0 Å². The fraction of sp³-hybridized carbons (Fsp3) is 0.333. The van der Waals surface area contributed by atoms with Gasteiger partial charge in [-0.1, -0.05) is 57.2 Å². The van der Waals surface area contributed by atoms with Crippen LogP contribution in [-0.2, 0) is 50.7 Å². The van der Waals surface area contributed by atoms with E-state index >= 15 is 8.42 Å². The fourth-order valence-electron chi connectivity index (χ4n) is 5.75.